The van der Waals surface area contributed by atoms with Crippen LogP contribution in [0.15, 0.2) is 30.3 Å². The van der Waals surface area contributed by atoms with E-state index < -0.39 is 11.7 Å². The largest absolute Gasteiger partial charge is 0.397 e. The predicted molar refractivity (Wildman–Crippen MR) is 105 cm³/mol. The SMILES string of the molecule is CC1(C)CC(=O)c2cc3c(N)c(C(=O)Nc4ccccc4F)sc3nc2C1. The molecule has 3 N–H and O–H groups in total. The highest BCUT2D eigenvalue weighted by Gasteiger charge is 2.33. The highest BCUT2D eigenvalue weighted by molar-refractivity contribution is 7.21. The Balaban J connectivity index is 1.75. The summed E-state index contributed by atoms with van der Waals surface area (Å²) in [5.74, 6) is -0.976. The van der Waals surface area contributed by atoms with Gasteiger partial charge in [0.1, 0.15) is 15.5 Å². The number of Topliss-reactive ketones (excluding diaryl/α,β-unsaturated/α-hetero) is 1. The van der Waals surface area contributed by atoms with Crippen LogP contribution in [0.4, 0.5) is 15.8 Å². The minimum absolute atomic E-state index is 0.0404. The van der Waals surface area contributed by atoms with Crippen molar-refractivity contribution in [2.75, 3.05) is 11.1 Å². The molecular formula is C20H18FN3O2S. The zero-order valence-corrected chi connectivity index (χ0v) is 15.7. The Bertz CT molecular complexity index is 1100. The summed E-state index contributed by atoms with van der Waals surface area (Å²) in [6, 6.07) is 7.67. The van der Waals surface area contributed by atoms with E-state index >= 15 is 0 Å². The summed E-state index contributed by atoms with van der Waals surface area (Å²) in [6.45, 7) is 4.07. The first-order chi connectivity index (χ1) is 12.7. The number of anilines is 2. The number of nitrogens with zero attached hydrogens (tertiary/aromatic N) is 1. The fourth-order valence-corrected chi connectivity index (χ4v) is 4.40. The fourth-order valence-electron chi connectivity index (χ4n) is 3.41. The van der Waals surface area contributed by atoms with Gasteiger partial charge in [-0.15, -0.1) is 11.3 Å². The van der Waals surface area contributed by atoms with Gasteiger partial charge in [0, 0.05) is 17.4 Å². The number of thiophene rings is 1. The van der Waals surface area contributed by atoms with Crippen molar-refractivity contribution in [2.45, 2.75) is 26.7 Å². The quantitative estimate of drug-likeness (QED) is 0.686. The van der Waals surface area contributed by atoms with Crippen LogP contribution in [0.1, 0.15) is 46.0 Å². The molecule has 0 saturated carbocycles. The second kappa shape index (κ2) is 6.13. The Morgan fingerprint density at radius 3 is 2.78 bits per heavy atom. The number of para-hydroxylation sites is 1. The molecule has 0 fully saturated rings. The molecule has 0 aliphatic heterocycles. The molecule has 0 spiro atoms. The summed E-state index contributed by atoms with van der Waals surface area (Å²) in [6.07, 6.45) is 1.15. The lowest BCUT2D eigenvalue weighted by Gasteiger charge is -2.29. The number of carbonyl (C=O) groups is 2. The zero-order chi connectivity index (χ0) is 19.3. The highest BCUT2D eigenvalue weighted by Crippen LogP contribution is 2.39. The summed E-state index contributed by atoms with van der Waals surface area (Å²) in [7, 11) is 0. The van der Waals surface area contributed by atoms with Crippen LogP contribution in [0.5, 0.6) is 0 Å². The van der Waals surface area contributed by atoms with Crippen molar-refractivity contribution in [2.24, 2.45) is 5.41 Å². The van der Waals surface area contributed by atoms with E-state index in [-0.39, 0.29) is 27.5 Å². The van der Waals surface area contributed by atoms with Crippen molar-refractivity contribution in [1.29, 1.82) is 0 Å². The number of rotatable bonds is 2. The summed E-state index contributed by atoms with van der Waals surface area (Å²) >= 11 is 1.15. The Kier molecular flexibility index (Phi) is 3.99. The molecule has 138 valence electrons. The molecule has 0 radical (unpaired) electrons. The normalized spacial score (nSPS) is 15.6. The number of nitrogens with one attached hydrogen (secondary N) is 1. The fraction of sp³-hybridized carbons (Fsp3) is 0.250. The Labute approximate surface area is 159 Å². The van der Waals surface area contributed by atoms with Gasteiger partial charge in [-0.05, 0) is 30.0 Å². The molecule has 2 heterocycles. The highest BCUT2D eigenvalue weighted by atomic mass is 32.1. The average Bonchev–Trinajstić information content (AvgIpc) is 2.91. The van der Waals surface area contributed by atoms with Crippen LogP contribution in [0.2, 0.25) is 0 Å². The monoisotopic (exact) mass is 383 g/mol. The maximum absolute atomic E-state index is 13.8. The second-order valence-corrected chi connectivity index (χ2v) is 8.55. The van der Waals surface area contributed by atoms with Crippen LogP contribution in [-0.4, -0.2) is 16.7 Å². The van der Waals surface area contributed by atoms with Gasteiger partial charge in [0.15, 0.2) is 5.78 Å². The number of pyridine rings is 1. The number of nitrogens with two attached hydrogens (primary N) is 1. The predicted octanol–water partition coefficient (Wildman–Crippen LogP) is 4.43. The molecule has 0 saturated heterocycles. The van der Waals surface area contributed by atoms with Crippen molar-refractivity contribution in [3.05, 3.63) is 52.3 Å². The molecule has 1 aliphatic rings. The van der Waals surface area contributed by atoms with E-state index in [1.54, 1.807) is 18.2 Å². The van der Waals surface area contributed by atoms with Crippen LogP contribution in [0.3, 0.4) is 0 Å². The molecule has 5 nitrogen and oxygen atoms in total. The van der Waals surface area contributed by atoms with Crippen LogP contribution < -0.4 is 11.1 Å². The van der Waals surface area contributed by atoms with Crippen molar-refractivity contribution in [1.82, 2.24) is 4.98 Å². The number of aromatic nitrogens is 1. The number of carbonyl (C=O) groups excluding carboxylic acids is 2. The van der Waals surface area contributed by atoms with E-state index in [4.69, 9.17) is 5.73 Å². The van der Waals surface area contributed by atoms with Gasteiger partial charge in [-0.3, -0.25) is 9.59 Å². The molecule has 1 aliphatic carbocycles. The maximum atomic E-state index is 13.8. The van der Waals surface area contributed by atoms with E-state index in [2.05, 4.69) is 10.3 Å². The molecule has 3 aromatic rings. The lowest BCUT2D eigenvalue weighted by atomic mass is 9.75. The van der Waals surface area contributed by atoms with E-state index in [9.17, 15) is 14.0 Å². The molecule has 2 aromatic heterocycles. The van der Waals surface area contributed by atoms with Crippen LogP contribution >= 0.6 is 11.3 Å². The van der Waals surface area contributed by atoms with Gasteiger partial charge in [0.2, 0.25) is 0 Å². The standard InChI is InChI=1S/C20H18FN3O2S/c1-20(2)8-14-10(15(25)9-20)7-11-16(22)17(27-19(11)24-14)18(26)23-13-6-4-3-5-12(13)21/h3-7H,8-9,22H2,1-2H3,(H,23,26). The minimum atomic E-state index is -0.521. The van der Waals surface area contributed by atoms with Gasteiger partial charge in [-0.2, -0.15) is 0 Å². The third-order valence-electron chi connectivity index (χ3n) is 4.71. The minimum Gasteiger partial charge on any atom is -0.397 e. The topological polar surface area (TPSA) is 85.1 Å². The Morgan fingerprint density at radius 2 is 2.04 bits per heavy atom. The smallest absolute Gasteiger partial charge is 0.268 e. The number of hydrogen-bond acceptors (Lipinski definition) is 5. The molecule has 1 amide bonds. The van der Waals surface area contributed by atoms with Crippen LogP contribution in [0.25, 0.3) is 10.2 Å². The van der Waals surface area contributed by atoms with Gasteiger partial charge in [-0.1, -0.05) is 26.0 Å². The lowest BCUT2D eigenvalue weighted by Crippen LogP contribution is -2.27. The number of halogens is 1. The first-order valence-electron chi connectivity index (χ1n) is 8.56. The van der Waals surface area contributed by atoms with Gasteiger partial charge in [0.05, 0.1) is 17.1 Å². The first kappa shape index (κ1) is 17.6. The lowest BCUT2D eigenvalue weighted by molar-refractivity contribution is 0.0910. The summed E-state index contributed by atoms with van der Waals surface area (Å²) in [4.78, 5) is 30.6. The van der Waals surface area contributed by atoms with E-state index in [0.717, 1.165) is 17.0 Å². The number of amides is 1. The Hall–Kier alpha value is -2.80. The van der Waals surface area contributed by atoms with Gasteiger partial charge in [0.25, 0.3) is 5.91 Å². The summed E-state index contributed by atoms with van der Waals surface area (Å²) in [5, 5.41) is 3.13. The van der Waals surface area contributed by atoms with Gasteiger partial charge >= 0.3 is 0 Å². The molecule has 1 aromatic carbocycles. The van der Waals surface area contributed by atoms with E-state index in [0.29, 0.717) is 28.6 Å². The second-order valence-electron chi connectivity index (χ2n) is 7.56. The number of nitrogen functional groups attached to an aromatic ring is 1. The molecule has 7 heteroatoms. The van der Waals surface area contributed by atoms with Crippen molar-refractivity contribution in [3.63, 3.8) is 0 Å². The van der Waals surface area contributed by atoms with Crippen LogP contribution in [0, 0.1) is 11.2 Å². The third-order valence-corrected chi connectivity index (χ3v) is 5.83. The number of benzene rings is 1. The number of hydrogen-bond donors (Lipinski definition) is 2. The van der Waals surface area contributed by atoms with Gasteiger partial charge in [-0.25, -0.2) is 9.37 Å². The van der Waals surface area contributed by atoms with Crippen LogP contribution in [-0.2, 0) is 6.42 Å². The third kappa shape index (κ3) is 3.08. The maximum Gasteiger partial charge on any atom is 0.268 e. The molecule has 0 atom stereocenters. The van der Waals surface area contributed by atoms with E-state index in [1.165, 1.54) is 12.1 Å². The van der Waals surface area contributed by atoms with Crippen molar-refractivity contribution in [3.8, 4) is 0 Å². The van der Waals surface area contributed by atoms with Crippen molar-refractivity contribution >= 4 is 44.6 Å². The molecule has 27 heavy (non-hydrogen) atoms. The average molecular weight is 383 g/mol. The number of ketones is 1. The molecule has 0 bridgehead atoms. The van der Waals surface area contributed by atoms with Gasteiger partial charge < -0.3 is 11.1 Å². The Morgan fingerprint density at radius 1 is 1.30 bits per heavy atom. The van der Waals surface area contributed by atoms with E-state index in [1.807, 2.05) is 13.8 Å². The molecule has 4 rings (SSSR count). The first-order valence-corrected chi connectivity index (χ1v) is 9.38. The summed E-state index contributed by atoms with van der Waals surface area (Å²) < 4.78 is 13.8. The summed E-state index contributed by atoms with van der Waals surface area (Å²) in [5.41, 5.74) is 7.69. The number of fused-ring (bicyclic) bond motifs is 2. The molecular weight excluding hydrogens is 365 g/mol. The molecule has 0 unspecified atom stereocenters. The zero-order valence-electron chi connectivity index (χ0n) is 14.9. The van der Waals surface area contributed by atoms with Crippen molar-refractivity contribution < 1.29 is 14.0 Å².